The van der Waals surface area contributed by atoms with Crippen LogP contribution in [0.5, 0.6) is 0 Å². The van der Waals surface area contributed by atoms with Crippen LogP contribution >= 0.6 is 11.3 Å². The van der Waals surface area contributed by atoms with E-state index in [1.165, 1.54) is 24.2 Å². The van der Waals surface area contributed by atoms with Gasteiger partial charge < -0.3 is 0 Å². The van der Waals surface area contributed by atoms with Crippen LogP contribution in [-0.4, -0.2) is 16.1 Å². The summed E-state index contributed by atoms with van der Waals surface area (Å²) < 4.78 is 0. The van der Waals surface area contributed by atoms with E-state index in [1.807, 2.05) is 37.3 Å². The second-order valence-corrected chi connectivity index (χ2v) is 6.38. The molecule has 2 rings (SSSR count). The predicted octanol–water partition coefficient (Wildman–Crippen LogP) is 4.40. The van der Waals surface area contributed by atoms with Crippen molar-refractivity contribution in [3.63, 3.8) is 0 Å². The molecule has 5 heteroatoms. The molecule has 0 saturated carbocycles. The number of aromatic nitrogens is 2. The van der Waals surface area contributed by atoms with E-state index in [2.05, 4.69) is 22.4 Å². The molecule has 0 radical (unpaired) electrons. The summed E-state index contributed by atoms with van der Waals surface area (Å²) in [4.78, 5) is 12.4. The van der Waals surface area contributed by atoms with Crippen molar-refractivity contribution in [2.75, 3.05) is 5.32 Å². The Hall–Kier alpha value is -1.75. The van der Waals surface area contributed by atoms with Crippen molar-refractivity contribution in [2.45, 2.75) is 51.9 Å². The Balaban J connectivity index is 1.96. The molecule has 1 heterocycles. The third-order valence-electron chi connectivity index (χ3n) is 3.62. The van der Waals surface area contributed by atoms with Crippen molar-refractivity contribution in [3.05, 3.63) is 40.9 Å². The number of amides is 1. The van der Waals surface area contributed by atoms with E-state index in [0.717, 1.165) is 29.8 Å². The van der Waals surface area contributed by atoms with Crippen LogP contribution in [0.2, 0.25) is 0 Å². The fraction of sp³-hybridized carbons (Fsp3) is 0.471. The summed E-state index contributed by atoms with van der Waals surface area (Å²) in [7, 11) is 0. The summed E-state index contributed by atoms with van der Waals surface area (Å²) in [5.41, 5.74) is 1.04. The summed E-state index contributed by atoms with van der Waals surface area (Å²) in [6.07, 6.45) is 5.22. The summed E-state index contributed by atoms with van der Waals surface area (Å²) in [5, 5.41) is 12.7. The highest BCUT2D eigenvalue weighted by Gasteiger charge is 2.19. The van der Waals surface area contributed by atoms with Crippen LogP contribution in [0, 0.1) is 0 Å². The van der Waals surface area contributed by atoms with Gasteiger partial charge >= 0.3 is 0 Å². The van der Waals surface area contributed by atoms with Gasteiger partial charge in [-0.3, -0.25) is 10.1 Å². The lowest BCUT2D eigenvalue weighted by atomic mass is 9.96. The molecule has 1 atom stereocenters. The minimum Gasteiger partial charge on any atom is -0.300 e. The summed E-state index contributed by atoms with van der Waals surface area (Å²) >= 11 is 1.48. The third kappa shape index (κ3) is 4.63. The molecular formula is C17H23N3OS. The van der Waals surface area contributed by atoms with Gasteiger partial charge in [-0.05, 0) is 18.4 Å². The number of nitrogens with zero attached hydrogens (tertiary/aromatic N) is 2. The van der Waals surface area contributed by atoms with E-state index in [9.17, 15) is 4.79 Å². The number of hydrogen-bond donors (Lipinski definition) is 1. The Morgan fingerprint density at radius 1 is 1.18 bits per heavy atom. The van der Waals surface area contributed by atoms with Gasteiger partial charge in [-0.2, -0.15) is 0 Å². The molecule has 0 unspecified atom stereocenters. The second-order valence-electron chi connectivity index (χ2n) is 5.32. The number of benzene rings is 1. The van der Waals surface area contributed by atoms with Crippen molar-refractivity contribution < 1.29 is 4.79 Å². The molecule has 1 aromatic heterocycles. The first-order valence-electron chi connectivity index (χ1n) is 7.92. The monoisotopic (exact) mass is 317 g/mol. The Morgan fingerprint density at radius 2 is 1.95 bits per heavy atom. The normalized spacial score (nSPS) is 12.1. The quantitative estimate of drug-likeness (QED) is 0.734. The highest BCUT2D eigenvalue weighted by atomic mass is 32.1. The van der Waals surface area contributed by atoms with Crippen LogP contribution in [0.25, 0.3) is 0 Å². The molecule has 2 aromatic rings. The number of anilines is 1. The molecule has 1 aromatic carbocycles. The van der Waals surface area contributed by atoms with Gasteiger partial charge in [-0.1, -0.05) is 68.4 Å². The first-order valence-corrected chi connectivity index (χ1v) is 8.74. The van der Waals surface area contributed by atoms with Gasteiger partial charge in [-0.15, -0.1) is 10.2 Å². The molecule has 0 spiro atoms. The topological polar surface area (TPSA) is 54.9 Å². The third-order valence-corrected chi connectivity index (χ3v) is 4.52. The number of carbonyl (C=O) groups excluding carboxylic acids is 1. The van der Waals surface area contributed by atoms with E-state index < -0.39 is 0 Å². The molecule has 0 bridgehead atoms. The molecule has 1 N–H and O–H groups in total. The Kier molecular flexibility index (Phi) is 6.52. The van der Waals surface area contributed by atoms with Gasteiger partial charge in [0.2, 0.25) is 11.0 Å². The number of nitrogens with one attached hydrogen (secondary N) is 1. The lowest BCUT2D eigenvalue weighted by Crippen LogP contribution is -2.20. The van der Waals surface area contributed by atoms with Crippen LogP contribution in [0.1, 0.15) is 56.0 Å². The first-order chi connectivity index (χ1) is 10.7. The van der Waals surface area contributed by atoms with Gasteiger partial charge in [0.15, 0.2) is 0 Å². The Labute approximate surface area is 136 Å². The van der Waals surface area contributed by atoms with Crippen LogP contribution < -0.4 is 5.32 Å². The van der Waals surface area contributed by atoms with Crippen molar-refractivity contribution in [2.24, 2.45) is 0 Å². The lowest BCUT2D eigenvalue weighted by Gasteiger charge is -2.13. The number of rotatable bonds is 8. The number of hydrogen-bond acceptors (Lipinski definition) is 4. The second kappa shape index (κ2) is 8.63. The maximum absolute atomic E-state index is 12.4. The van der Waals surface area contributed by atoms with Gasteiger partial charge in [-0.25, -0.2) is 0 Å². The maximum Gasteiger partial charge on any atom is 0.233 e. The Bertz CT molecular complexity index is 583. The molecular weight excluding hydrogens is 294 g/mol. The van der Waals surface area contributed by atoms with Crippen LogP contribution in [-0.2, 0) is 11.2 Å². The molecule has 0 aliphatic heterocycles. The van der Waals surface area contributed by atoms with Crippen molar-refractivity contribution in [3.8, 4) is 0 Å². The van der Waals surface area contributed by atoms with E-state index in [0.29, 0.717) is 5.13 Å². The molecule has 22 heavy (non-hydrogen) atoms. The molecule has 4 nitrogen and oxygen atoms in total. The molecule has 0 aliphatic carbocycles. The van der Waals surface area contributed by atoms with E-state index >= 15 is 0 Å². The predicted molar refractivity (Wildman–Crippen MR) is 91.2 cm³/mol. The van der Waals surface area contributed by atoms with Gasteiger partial charge in [0.05, 0.1) is 5.92 Å². The van der Waals surface area contributed by atoms with Gasteiger partial charge in [0, 0.05) is 6.42 Å². The zero-order chi connectivity index (χ0) is 15.8. The van der Waals surface area contributed by atoms with Gasteiger partial charge in [0.25, 0.3) is 0 Å². The number of carbonyl (C=O) groups is 1. The van der Waals surface area contributed by atoms with Crippen LogP contribution in [0.4, 0.5) is 5.13 Å². The SMILES string of the molecule is CCCCCc1nnc(NC(=O)[C@H](CC)c2ccccc2)s1. The van der Waals surface area contributed by atoms with E-state index in [1.54, 1.807) is 0 Å². The number of unbranched alkanes of at least 4 members (excludes halogenated alkanes) is 2. The van der Waals surface area contributed by atoms with E-state index in [4.69, 9.17) is 0 Å². The average Bonchev–Trinajstić information content (AvgIpc) is 2.97. The summed E-state index contributed by atoms with van der Waals surface area (Å²) in [6, 6.07) is 9.86. The van der Waals surface area contributed by atoms with E-state index in [-0.39, 0.29) is 11.8 Å². The van der Waals surface area contributed by atoms with Crippen molar-refractivity contribution in [1.82, 2.24) is 10.2 Å². The van der Waals surface area contributed by atoms with Crippen molar-refractivity contribution in [1.29, 1.82) is 0 Å². The zero-order valence-corrected chi connectivity index (χ0v) is 14.0. The molecule has 0 fully saturated rings. The summed E-state index contributed by atoms with van der Waals surface area (Å²) in [6.45, 7) is 4.20. The average molecular weight is 317 g/mol. The minimum absolute atomic E-state index is 0.00930. The fourth-order valence-electron chi connectivity index (χ4n) is 2.38. The highest BCUT2D eigenvalue weighted by Crippen LogP contribution is 2.23. The van der Waals surface area contributed by atoms with Gasteiger partial charge in [0.1, 0.15) is 5.01 Å². The van der Waals surface area contributed by atoms with Crippen LogP contribution in [0.15, 0.2) is 30.3 Å². The summed E-state index contributed by atoms with van der Waals surface area (Å²) in [5.74, 6) is -0.154. The largest absolute Gasteiger partial charge is 0.300 e. The Morgan fingerprint density at radius 3 is 2.64 bits per heavy atom. The minimum atomic E-state index is -0.145. The van der Waals surface area contributed by atoms with Crippen LogP contribution in [0.3, 0.4) is 0 Å². The smallest absolute Gasteiger partial charge is 0.233 e. The highest BCUT2D eigenvalue weighted by molar-refractivity contribution is 7.15. The number of aryl methyl sites for hydroxylation is 1. The van der Waals surface area contributed by atoms with Crippen molar-refractivity contribution >= 4 is 22.4 Å². The lowest BCUT2D eigenvalue weighted by molar-refractivity contribution is -0.117. The molecule has 1 amide bonds. The first kappa shape index (κ1) is 16.6. The molecule has 0 aliphatic rings. The molecule has 118 valence electrons. The fourth-order valence-corrected chi connectivity index (χ4v) is 3.17. The molecule has 0 saturated heterocycles. The maximum atomic E-state index is 12.4. The zero-order valence-electron chi connectivity index (χ0n) is 13.2. The standard InChI is InChI=1S/C17H23N3OS/c1-3-5-7-12-15-19-20-17(22-15)18-16(21)14(4-2)13-10-8-6-9-11-13/h6,8-11,14H,3-5,7,12H2,1-2H3,(H,18,20,21)/t14-/m1/s1.